The Morgan fingerprint density at radius 2 is 1.60 bits per heavy atom. The molecule has 2 heterocycles. The van der Waals surface area contributed by atoms with Crippen LogP contribution >= 0.6 is 0 Å². The smallest absolute Gasteiger partial charge is 0.387 e. The number of halogens is 3. The summed E-state index contributed by atoms with van der Waals surface area (Å²) in [5.74, 6) is -0.681. The Labute approximate surface area is 175 Å². The van der Waals surface area contributed by atoms with E-state index in [2.05, 4.69) is 11.7 Å². The Kier molecular flexibility index (Phi) is 9.24. The number of benzene rings is 1. The summed E-state index contributed by atoms with van der Waals surface area (Å²) in [6, 6.07) is 3.72. The van der Waals surface area contributed by atoms with E-state index in [4.69, 9.17) is 18.9 Å². The lowest BCUT2D eigenvalue weighted by Crippen LogP contribution is -2.33. The average Bonchev–Trinajstić information content (AvgIpc) is 2.75. The van der Waals surface area contributed by atoms with Crippen LogP contribution < -0.4 is 4.74 Å². The maximum Gasteiger partial charge on any atom is 0.387 e. The van der Waals surface area contributed by atoms with Crippen molar-refractivity contribution in [2.45, 2.75) is 64.6 Å². The minimum absolute atomic E-state index is 0.179. The van der Waals surface area contributed by atoms with Gasteiger partial charge in [0.1, 0.15) is 0 Å². The van der Waals surface area contributed by atoms with Gasteiger partial charge in [0.15, 0.2) is 24.1 Å². The van der Waals surface area contributed by atoms with Crippen LogP contribution in [0.15, 0.2) is 18.2 Å². The second-order valence-corrected chi connectivity index (χ2v) is 7.97. The topological polar surface area (TPSA) is 46.2 Å². The van der Waals surface area contributed by atoms with Gasteiger partial charge in [0.25, 0.3) is 0 Å². The quantitative estimate of drug-likeness (QED) is 0.461. The van der Waals surface area contributed by atoms with Crippen molar-refractivity contribution in [1.29, 1.82) is 0 Å². The van der Waals surface area contributed by atoms with Crippen LogP contribution in [0, 0.1) is 17.7 Å². The molecule has 1 aromatic carbocycles. The zero-order valence-corrected chi connectivity index (χ0v) is 17.4. The molecular weight excluding hydrogens is 401 g/mol. The van der Waals surface area contributed by atoms with Gasteiger partial charge in [-0.3, -0.25) is 0 Å². The van der Waals surface area contributed by atoms with Gasteiger partial charge in [-0.05, 0) is 31.4 Å². The summed E-state index contributed by atoms with van der Waals surface area (Å²) in [6.07, 6.45) is 5.57. The van der Waals surface area contributed by atoms with Crippen LogP contribution in [-0.4, -0.2) is 39.3 Å². The van der Waals surface area contributed by atoms with Crippen molar-refractivity contribution in [2.75, 3.05) is 26.4 Å². The first-order valence-corrected chi connectivity index (χ1v) is 10.8. The molecule has 0 unspecified atom stereocenters. The molecule has 0 saturated carbocycles. The van der Waals surface area contributed by atoms with Crippen LogP contribution in [0.25, 0.3) is 0 Å². The van der Waals surface area contributed by atoms with E-state index in [-0.39, 0.29) is 12.2 Å². The van der Waals surface area contributed by atoms with E-state index in [0.717, 1.165) is 44.6 Å². The molecular formula is C22H31F3O5. The Balaban J connectivity index is 1.35. The van der Waals surface area contributed by atoms with Gasteiger partial charge in [0.05, 0.1) is 26.4 Å². The van der Waals surface area contributed by atoms with Crippen LogP contribution in [0.3, 0.4) is 0 Å². The molecule has 0 atom stereocenters. The molecule has 1 aromatic rings. The fraction of sp³-hybridized carbons (Fsp3) is 0.727. The van der Waals surface area contributed by atoms with Crippen molar-refractivity contribution in [3.05, 3.63) is 29.6 Å². The highest BCUT2D eigenvalue weighted by atomic mass is 19.3. The predicted octanol–water partition coefficient (Wildman–Crippen LogP) is 5.44. The van der Waals surface area contributed by atoms with Crippen LogP contribution in [-0.2, 0) is 18.9 Å². The molecule has 0 spiro atoms. The minimum Gasteiger partial charge on any atom is -0.432 e. The van der Waals surface area contributed by atoms with Gasteiger partial charge in [-0.25, -0.2) is 4.39 Å². The lowest BCUT2D eigenvalue weighted by Gasteiger charge is -2.32. The van der Waals surface area contributed by atoms with Crippen molar-refractivity contribution in [1.82, 2.24) is 0 Å². The van der Waals surface area contributed by atoms with E-state index < -0.39 is 24.5 Å². The van der Waals surface area contributed by atoms with Crippen molar-refractivity contribution in [2.24, 2.45) is 11.8 Å². The number of hydrogen-bond donors (Lipinski definition) is 0. The van der Waals surface area contributed by atoms with Crippen LogP contribution in [0.2, 0.25) is 0 Å². The molecule has 0 N–H and O–H groups in total. The van der Waals surface area contributed by atoms with Crippen molar-refractivity contribution in [3.8, 4) is 5.75 Å². The number of alkyl halides is 2. The van der Waals surface area contributed by atoms with Crippen LogP contribution in [0.1, 0.15) is 57.3 Å². The largest absolute Gasteiger partial charge is 0.432 e. The molecule has 3 rings (SSSR count). The highest BCUT2D eigenvalue weighted by Crippen LogP contribution is 2.31. The molecule has 0 amide bonds. The third-order valence-electron chi connectivity index (χ3n) is 5.47. The molecule has 0 aromatic heterocycles. The van der Waals surface area contributed by atoms with Crippen molar-refractivity contribution < 1.29 is 36.9 Å². The zero-order chi connectivity index (χ0) is 21.3. The summed E-state index contributed by atoms with van der Waals surface area (Å²) in [5, 5.41) is 0. The highest BCUT2D eigenvalue weighted by molar-refractivity contribution is 5.30. The Morgan fingerprint density at radius 1 is 0.933 bits per heavy atom. The molecule has 170 valence electrons. The van der Waals surface area contributed by atoms with Gasteiger partial charge in [-0.1, -0.05) is 32.3 Å². The maximum absolute atomic E-state index is 13.9. The zero-order valence-electron chi connectivity index (χ0n) is 17.4. The standard InChI is InChI=1S/C22H31F3O5/c1-2-3-4-5-15-11-26-20(27-12-15)9-6-16-13-28-21(29-14-16)17-7-8-19(18(23)10-17)30-22(24)25/h7-8,10,15-16,20-22H,2-6,9,11-14H2,1H3/t15-,16-,20-,21-. The van der Waals surface area contributed by atoms with E-state index in [1.165, 1.54) is 25.3 Å². The number of rotatable bonds is 10. The molecule has 5 nitrogen and oxygen atoms in total. The molecule has 0 radical (unpaired) electrons. The first-order chi connectivity index (χ1) is 14.5. The van der Waals surface area contributed by atoms with Crippen molar-refractivity contribution in [3.63, 3.8) is 0 Å². The first kappa shape index (κ1) is 23.3. The highest BCUT2D eigenvalue weighted by Gasteiger charge is 2.27. The monoisotopic (exact) mass is 432 g/mol. The Morgan fingerprint density at radius 3 is 2.23 bits per heavy atom. The average molecular weight is 432 g/mol. The summed E-state index contributed by atoms with van der Waals surface area (Å²) in [7, 11) is 0. The summed E-state index contributed by atoms with van der Waals surface area (Å²) in [4.78, 5) is 0. The Hall–Kier alpha value is -1.35. The SMILES string of the molecule is CCCCC[C@H]1CO[C@H](CC[C@H]2CO[C@H](c3ccc(OC(F)F)c(F)c3)OC2)OC1. The number of hydrogen-bond acceptors (Lipinski definition) is 5. The normalized spacial score (nSPS) is 27.4. The van der Waals surface area contributed by atoms with Gasteiger partial charge in [0, 0.05) is 17.4 Å². The lowest BCUT2D eigenvalue weighted by atomic mass is 10.0. The summed E-state index contributed by atoms with van der Waals surface area (Å²) < 4.78 is 65.6. The maximum atomic E-state index is 13.9. The van der Waals surface area contributed by atoms with Gasteiger partial charge < -0.3 is 23.7 Å². The molecule has 2 saturated heterocycles. The van der Waals surface area contributed by atoms with E-state index in [9.17, 15) is 13.2 Å². The summed E-state index contributed by atoms with van der Waals surface area (Å²) >= 11 is 0. The fourth-order valence-corrected chi connectivity index (χ4v) is 3.73. The predicted molar refractivity (Wildman–Crippen MR) is 104 cm³/mol. The van der Waals surface area contributed by atoms with Crippen LogP contribution in [0.4, 0.5) is 13.2 Å². The molecule has 2 fully saturated rings. The Bertz CT molecular complexity index is 629. The van der Waals surface area contributed by atoms with E-state index in [0.29, 0.717) is 24.7 Å². The first-order valence-electron chi connectivity index (χ1n) is 10.8. The molecule has 8 heteroatoms. The van der Waals surface area contributed by atoms with E-state index in [1.807, 2.05) is 0 Å². The van der Waals surface area contributed by atoms with Gasteiger partial charge in [-0.2, -0.15) is 8.78 Å². The fourth-order valence-electron chi connectivity index (χ4n) is 3.73. The summed E-state index contributed by atoms with van der Waals surface area (Å²) in [6.45, 7) is 1.57. The molecule has 0 bridgehead atoms. The number of ether oxygens (including phenoxy) is 5. The third-order valence-corrected chi connectivity index (χ3v) is 5.47. The molecule has 2 aliphatic rings. The number of unbranched alkanes of at least 4 members (excludes halogenated alkanes) is 2. The summed E-state index contributed by atoms with van der Waals surface area (Å²) in [5.41, 5.74) is 0.431. The van der Waals surface area contributed by atoms with Gasteiger partial charge in [0.2, 0.25) is 0 Å². The minimum atomic E-state index is -3.07. The molecule has 2 aliphatic heterocycles. The second kappa shape index (κ2) is 11.9. The molecule has 0 aliphatic carbocycles. The third kappa shape index (κ3) is 7.11. The lowest BCUT2D eigenvalue weighted by molar-refractivity contribution is -0.220. The van der Waals surface area contributed by atoms with E-state index in [1.54, 1.807) is 0 Å². The van der Waals surface area contributed by atoms with Gasteiger partial charge in [-0.15, -0.1) is 0 Å². The van der Waals surface area contributed by atoms with E-state index >= 15 is 0 Å². The van der Waals surface area contributed by atoms with Crippen LogP contribution in [0.5, 0.6) is 5.75 Å². The van der Waals surface area contributed by atoms with Gasteiger partial charge >= 0.3 is 6.61 Å². The second-order valence-electron chi connectivity index (χ2n) is 7.97. The molecule has 30 heavy (non-hydrogen) atoms. The van der Waals surface area contributed by atoms with Crippen molar-refractivity contribution >= 4 is 0 Å².